The summed E-state index contributed by atoms with van der Waals surface area (Å²) < 4.78 is 9.97. The van der Waals surface area contributed by atoms with Gasteiger partial charge in [-0.1, -0.05) is 12.2 Å². The third-order valence-corrected chi connectivity index (χ3v) is 2.13. The van der Waals surface area contributed by atoms with Crippen molar-refractivity contribution in [3.63, 3.8) is 0 Å². The van der Waals surface area contributed by atoms with E-state index < -0.39 is 0 Å². The molecule has 0 amide bonds. The summed E-state index contributed by atoms with van der Waals surface area (Å²) >= 11 is 0. The summed E-state index contributed by atoms with van der Waals surface area (Å²) in [4.78, 5) is 10.9. The molecule has 64 valence electrons. The first kappa shape index (κ1) is 7.55. The van der Waals surface area contributed by atoms with Crippen LogP contribution in [0.15, 0.2) is 23.8 Å². The second kappa shape index (κ2) is 2.75. The summed E-state index contributed by atoms with van der Waals surface area (Å²) in [6, 6.07) is 0. The molecule has 0 radical (unpaired) electrons. The number of rotatable bonds is 1. The predicted octanol–water partition coefficient (Wildman–Crippen LogP) is 0.813. The highest BCUT2D eigenvalue weighted by molar-refractivity contribution is 5.83. The molecule has 2 bridgehead atoms. The van der Waals surface area contributed by atoms with Crippen molar-refractivity contribution in [2.75, 3.05) is 7.11 Å². The molecule has 0 spiro atoms. The molecule has 0 aromatic rings. The summed E-state index contributed by atoms with van der Waals surface area (Å²) in [7, 11) is 1.38. The summed E-state index contributed by atoms with van der Waals surface area (Å²) in [6.45, 7) is 0. The maximum Gasteiger partial charge on any atom is 0.330 e. The van der Waals surface area contributed by atoms with Crippen LogP contribution in [0.25, 0.3) is 0 Å². The van der Waals surface area contributed by atoms with Crippen molar-refractivity contribution >= 4 is 5.97 Å². The zero-order valence-electron chi connectivity index (χ0n) is 6.82. The lowest BCUT2D eigenvalue weighted by Crippen LogP contribution is -2.04. The molecule has 12 heavy (non-hydrogen) atoms. The molecule has 1 unspecified atom stereocenters. The van der Waals surface area contributed by atoms with Gasteiger partial charge >= 0.3 is 5.97 Å². The average molecular weight is 166 g/mol. The van der Waals surface area contributed by atoms with Gasteiger partial charge in [0.15, 0.2) is 0 Å². The smallest absolute Gasteiger partial charge is 0.330 e. The molecule has 3 nitrogen and oxygen atoms in total. The summed E-state index contributed by atoms with van der Waals surface area (Å²) in [5.41, 5.74) is 1.02. The molecular formula is C9H10O3. The van der Waals surface area contributed by atoms with Crippen LogP contribution in [0.5, 0.6) is 0 Å². The van der Waals surface area contributed by atoms with E-state index in [0.717, 1.165) is 12.0 Å². The molecule has 2 aliphatic rings. The van der Waals surface area contributed by atoms with Crippen LogP contribution in [0, 0.1) is 0 Å². The average Bonchev–Trinajstić information content (AvgIpc) is 2.64. The van der Waals surface area contributed by atoms with Gasteiger partial charge in [-0.3, -0.25) is 0 Å². The Labute approximate surface area is 70.7 Å². The molecule has 3 heteroatoms. The number of ether oxygens (including phenoxy) is 2. The quantitative estimate of drug-likeness (QED) is 0.328. The first-order valence-electron chi connectivity index (χ1n) is 3.92. The number of carbonyl (C=O) groups excluding carboxylic acids is 1. The molecule has 0 aromatic carbocycles. The van der Waals surface area contributed by atoms with Crippen LogP contribution in [0.1, 0.15) is 6.42 Å². The van der Waals surface area contributed by atoms with E-state index in [1.54, 1.807) is 0 Å². The second-order valence-corrected chi connectivity index (χ2v) is 2.93. The van der Waals surface area contributed by atoms with E-state index in [0.29, 0.717) is 0 Å². The van der Waals surface area contributed by atoms with Gasteiger partial charge in [-0.2, -0.15) is 0 Å². The molecule has 0 aliphatic carbocycles. The number of hydrogen-bond acceptors (Lipinski definition) is 3. The van der Waals surface area contributed by atoms with Crippen molar-refractivity contribution in [1.82, 2.24) is 0 Å². The van der Waals surface area contributed by atoms with Crippen LogP contribution >= 0.6 is 0 Å². The summed E-state index contributed by atoms with van der Waals surface area (Å²) in [6.07, 6.45) is 6.56. The first-order valence-corrected chi connectivity index (χ1v) is 3.92. The highest BCUT2D eigenvalue weighted by Gasteiger charge is 2.31. The maximum absolute atomic E-state index is 10.9. The van der Waals surface area contributed by atoms with Crippen molar-refractivity contribution in [1.29, 1.82) is 0 Å². The van der Waals surface area contributed by atoms with Crippen molar-refractivity contribution in [3.05, 3.63) is 23.8 Å². The van der Waals surface area contributed by atoms with E-state index in [1.807, 2.05) is 12.2 Å². The minimum atomic E-state index is -0.297. The van der Waals surface area contributed by atoms with Gasteiger partial charge in [-0.25, -0.2) is 4.79 Å². The Morgan fingerprint density at radius 2 is 2.58 bits per heavy atom. The molecule has 1 fully saturated rings. The molecule has 0 saturated carbocycles. The van der Waals surface area contributed by atoms with E-state index >= 15 is 0 Å². The first-order chi connectivity index (χ1) is 5.79. The van der Waals surface area contributed by atoms with Crippen LogP contribution in [0.2, 0.25) is 0 Å². The SMILES string of the molecule is COC(=O)/C=C1\CC2C=C[C@H]1O2. The highest BCUT2D eigenvalue weighted by atomic mass is 16.5. The lowest BCUT2D eigenvalue weighted by Gasteiger charge is -2.03. The summed E-state index contributed by atoms with van der Waals surface area (Å²) in [5, 5.41) is 0. The third-order valence-electron chi connectivity index (χ3n) is 2.13. The van der Waals surface area contributed by atoms with Crippen LogP contribution in [-0.4, -0.2) is 25.3 Å². The summed E-state index contributed by atoms with van der Waals surface area (Å²) in [5.74, 6) is -0.297. The number of esters is 1. The lowest BCUT2D eigenvalue weighted by atomic mass is 10.0. The normalized spacial score (nSPS) is 34.6. The van der Waals surface area contributed by atoms with Crippen molar-refractivity contribution in [2.45, 2.75) is 18.6 Å². The Kier molecular flexibility index (Phi) is 1.73. The Balaban J connectivity index is 2.12. The van der Waals surface area contributed by atoms with Gasteiger partial charge in [0.25, 0.3) is 0 Å². The second-order valence-electron chi connectivity index (χ2n) is 2.93. The number of fused-ring (bicyclic) bond motifs is 2. The van der Waals surface area contributed by atoms with E-state index in [2.05, 4.69) is 4.74 Å². The Morgan fingerprint density at radius 1 is 1.75 bits per heavy atom. The zero-order chi connectivity index (χ0) is 8.55. The highest BCUT2D eigenvalue weighted by Crippen LogP contribution is 2.32. The van der Waals surface area contributed by atoms with Crippen molar-refractivity contribution in [3.8, 4) is 0 Å². The van der Waals surface area contributed by atoms with Gasteiger partial charge in [0.05, 0.1) is 19.3 Å². The molecule has 0 aromatic heterocycles. The van der Waals surface area contributed by atoms with Crippen LogP contribution < -0.4 is 0 Å². The van der Waals surface area contributed by atoms with E-state index in [-0.39, 0.29) is 18.2 Å². The maximum atomic E-state index is 10.9. The Bertz CT molecular complexity index is 265. The van der Waals surface area contributed by atoms with Crippen LogP contribution in [0.3, 0.4) is 0 Å². The number of carbonyl (C=O) groups is 1. The molecule has 2 rings (SSSR count). The Hall–Kier alpha value is -1.09. The van der Waals surface area contributed by atoms with Gasteiger partial charge in [0.1, 0.15) is 0 Å². The molecule has 2 atom stereocenters. The lowest BCUT2D eigenvalue weighted by molar-refractivity contribution is -0.134. The number of methoxy groups -OCH3 is 1. The topological polar surface area (TPSA) is 35.5 Å². The van der Waals surface area contributed by atoms with Crippen LogP contribution in [-0.2, 0) is 14.3 Å². The van der Waals surface area contributed by atoms with E-state index in [1.165, 1.54) is 13.2 Å². The van der Waals surface area contributed by atoms with Gasteiger partial charge < -0.3 is 9.47 Å². The van der Waals surface area contributed by atoms with Gasteiger partial charge in [-0.05, 0) is 5.57 Å². The Morgan fingerprint density at radius 3 is 3.08 bits per heavy atom. The third kappa shape index (κ3) is 1.16. The zero-order valence-corrected chi connectivity index (χ0v) is 6.82. The van der Waals surface area contributed by atoms with Crippen molar-refractivity contribution in [2.24, 2.45) is 0 Å². The monoisotopic (exact) mass is 166 g/mol. The fourth-order valence-corrected chi connectivity index (χ4v) is 1.53. The molecule has 1 saturated heterocycles. The number of hydrogen-bond donors (Lipinski definition) is 0. The standard InChI is InChI=1S/C9H10O3/c1-11-9(10)5-6-4-7-2-3-8(6)12-7/h2-3,5,7-8H,4H2,1H3/b6-5+/t7?,8-/m1/s1. The minimum Gasteiger partial charge on any atom is -0.466 e. The van der Waals surface area contributed by atoms with Gasteiger partial charge in [0.2, 0.25) is 0 Å². The van der Waals surface area contributed by atoms with Crippen molar-refractivity contribution < 1.29 is 14.3 Å². The molecule has 0 N–H and O–H groups in total. The van der Waals surface area contributed by atoms with Gasteiger partial charge in [-0.15, -0.1) is 0 Å². The largest absolute Gasteiger partial charge is 0.466 e. The molecular weight excluding hydrogens is 156 g/mol. The predicted molar refractivity (Wildman–Crippen MR) is 42.5 cm³/mol. The fraction of sp³-hybridized carbons (Fsp3) is 0.444. The molecule has 2 aliphatic heterocycles. The van der Waals surface area contributed by atoms with E-state index in [4.69, 9.17) is 4.74 Å². The van der Waals surface area contributed by atoms with Crippen LogP contribution in [0.4, 0.5) is 0 Å². The minimum absolute atomic E-state index is 0.0223. The van der Waals surface area contributed by atoms with Gasteiger partial charge in [0, 0.05) is 12.5 Å². The molecule has 2 heterocycles. The fourth-order valence-electron chi connectivity index (χ4n) is 1.53. The van der Waals surface area contributed by atoms with E-state index in [9.17, 15) is 4.79 Å².